The van der Waals surface area contributed by atoms with E-state index in [1.165, 1.54) is 11.3 Å². The van der Waals surface area contributed by atoms with Crippen LogP contribution in [0.3, 0.4) is 0 Å². The van der Waals surface area contributed by atoms with Crippen molar-refractivity contribution in [2.24, 2.45) is 0 Å². The number of anilines is 1. The predicted octanol–water partition coefficient (Wildman–Crippen LogP) is 1.54. The largest absolute Gasteiger partial charge is 0.396 e. The third kappa shape index (κ3) is 2.61. The van der Waals surface area contributed by atoms with Gasteiger partial charge in [-0.15, -0.1) is 0 Å². The molecule has 3 nitrogen and oxygen atoms in total. The molecule has 0 aromatic heterocycles. The normalized spacial score (nSPS) is 25.0. The fourth-order valence-corrected chi connectivity index (χ4v) is 2.69. The molecule has 0 bridgehead atoms. The summed E-state index contributed by atoms with van der Waals surface area (Å²) in [6.07, 6.45) is 0.825. The van der Waals surface area contributed by atoms with Crippen molar-refractivity contribution in [1.29, 1.82) is 0 Å². The summed E-state index contributed by atoms with van der Waals surface area (Å²) in [4.78, 5) is 2.46. The van der Waals surface area contributed by atoms with E-state index in [9.17, 15) is 5.11 Å². The molecule has 1 aromatic rings. The van der Waals surface area contributed by atoms with Crippen LogP contribution in [-0.4, -0.2) is 36.9 Å². The number of piperazine rings is 1. The van der Waals surface area contributed by atoms with Crippen LogP contribution < -0.4 is 10.2 Å². The predicted molar refractivity (Wildman–Crippen MR) is 71.5 cm³/mol. The van der Waals surface area contributed by atoms with Crippen LogP contribution in [0.5, 0.6) is 0 Å². The minimum absolute atomic E-state index is 0.251. The summed E-state index contributed by atoms with van der Waals surface area (Å²) < 4.78 is 0. The lowest BCUT2D eigenvalue weighted by atomic mass is 10.0. The van der Waals surface area contributed by atoms with E-state index >= 15 is 0 Å². The van der Waals surface area contributed by atoms with E-state index in [0.717, 1.165) is 19.5 Å². The van der Waals surface area contributed by atoms with Crippen LogP contribution in [0.1, 0.15) is 18.9 Å². The molecule has 2 N–H and O–H groups in total. The molecule has 1 fully saturated rings. The average molecular weight is 234 g/mol. The van der Waals surface area contributed by atoms with E-state index in [0.29, 0.717) is 12.1 Å². The monoisotopic (exact) mass is 234 g/mol. The Morgan fingerprint density at radius 2 is 2.12 bits per heavy atom. The van der Waals surface area contributed by atoms with Crippen molar-refractivity contribution in [3.05, 3.63) is 29.8 Å². The molecule has 1 saturated heterocycles. The lowest BCUT2D eigenvalue weighted by molar-refractivity contribution is 0.259. The van der Waals surface area contributed by atoms with Gasteiger partial charge in [-0.05, 0) is 31.9 Å². The molecule has 0 amide bonds. The van der Waals surface area contributed by atoms with Crippen LogP contribution in [0.4, 0.5) is 5.69 Å². The molecule has 2 atom stereocenters. The summed E-state index contributed by atoms with van der Waals surface area (Å²) in [5.74, 6) is 0. The van der Waals surface area contributed by atoms with E-state index in [2.05, 4.69) is 48.3 Å². The number of nitrogens with zero attached hydrogens (tertiary/aromatic N) is 1. The highest BCUT2D eigenvalue weighted by molar-refractivity contribution is 5.55. The van der Waals surface area contributed by atoms with E-state index in [1.54, 1.807) is 0 Å². The summed E-state index contributed by atoms with van der Waals surface area (Å²) >= 11 is 0. The van der Waals surface area contributed by atoms with Crippen molar-refractivity contribution in [3.8, 4) is 0 Å². The van der Waals surface area contributed by atoms with E-state index in [4.69, 9.17) is 0 Å². The zero-order valence-corrected chi connectivity index (χ0v) is 10.7. The molecular weight excluding hydrogens is 212 g/mol. The quantitative estimate of drug-likeness (QED) is 0.833. The van der Waals surface area contributed by atoms with Gasteiger partial charge in [-0.25, -0.2) is 0 Å². The van der Waals surface area contributed by atoms with Crippen LogP contribution in [0.15, 0.2) is 24.3 Å². The maximum absolute atomic E-state index is 9.18. The first-order chi connectivity index (χ1) is 8.24. The summed E-state index contributed by atoms with van der Waals surface area (Å²) in [7, 11) is 0. The van der Waals surface area contributed by atoms with Gasteiger partial charge in [-0.2, -0.15) is 0 Å². The highest BCUT2D eigenvalue weighted by Crippen LogP contribution is 2.26. The Kier molecular flexibility index (Phi) is 4.02. The van der Waals surface area contributed by atoms with Crippen molar-refractivity contribution >= 4 is 5.69 Å². The molecule has 1 aliphatic rings. The van der Waals surface area contributed by atoms with Gasteiger partial charge in [0.25, 0.3) is 0 Å². The maximum Gasteiger partial charge on any atom is 0.0451 e. The zero-order valence-electron chi connectivity index (χ0n) is 10.7. The first-order valence-electron chi connectivity index (χ1n) is 6.39. The van der Waals surface area contributed by atoms with Gasteiger partial charge in [-0.3, -0.25) is 0 Å². The fourth-order valence-electron chi connectivity index (χ4n) is 2.69. The Morgan fingerprint density at radius 1 is 1.35 bits per heavy atom. The van der Waals surface area contributed by atoms with E-state index in [-0.39, 0.29) is 6.61 Å². The number of nitrogens with one attached hydrogen (secondary N) is 1. The Balaban J connectivity index is 2.28. The number of para-hydroxylation sites is 1. The molecule has 1 heterocycles. The SMILES string of the molecule is Cc1ccccc1N1C(C)CNCC1CCO. The number of benzene rings is 1. The summed E-state index contributed by atoms with van der Waals surface area (Å²) in [5.41, 5.74) is 2.61. The minimum Gasteiger partial charge on any atom is -0.396 e. The topological polar surface area (TPSA) is 35.5 Å². The number of rotatable bonds is 3. The number of hydrogen-bond acceptors (Lipinski definition) is 3. The number of aryl methyl sites for hydroxylation is 1. The van der Waals surface area contributed by atoms with Crippen molar-refractivity contribution in [3.63, 3.8) is 0 Å². The number of aliphatic hydroxyl groups excluding tert-OH is 1. The van der Waals surface area contributed by atoms with E-state index in [1.807, 2.05) is 0 Å². The highest BCUT2D eigenvalue weighted by atomic mass is 16.3. The maximum atomic E-state index is 9.18. The summed E-state index contributed by atoms with van der Waals surface area (Å²) in [5, 5.41) is 12.6. The second-order valence-corrected chi connectivity index (χ2v) is 4.87. The third-order valence-electron chi connectivity index (χ3n) is 3.54. The number of hydrogen-bond donors (Lipinski definition) is 2. The van der Waals surface area contributed by atoms with Crippen LogP contribution in [-0.2, 0) is 0 Å². The Labute approximate surface area is 103 Å². The fraction of sp³-hybridized carbons (Fsp3) is 0.571. The Hall–Kier alpha value is -1.06. The smallest absolute Gasteiger partial charge is 0.0451 e. The van der Waals surface area contributed by atoms with Crippen LogP contribution in [0.25, 0.3) is 0 Å². The molecular formula is C14H22N2O. The van der Waals surface area contributed by atoms with Gasteiger partial charge in [0.2, 0.25) is 0 Å². The van der Waals surface area contributed by atoms with Gasteiger partial charge in [0.15, 0.2) is 0 Å². The molecule has 0 radical (unpaired) electrons. The average Bonchev–Trinajstić information content (AvgIpc) is 2.31. The molecule has 17 heavy (non-hydrogen) atoms. The van der Waals surface area contributed by atoms with Gasteiger partial charge >= 0.3 is 0 Å². The van der Waals surface area contributed by atoms with E-state index < -0.39 is 0 Å². The molecule has 94 valence electrons. The highest BCUT2D eigenvalue weighted by Gasteiger charge is 2.27. The van der Waals surface area contributed by atoms with Crippen LogP contribution >= 0.6 is 0 Å². The van der Waals surface area contributed by atoms with Crippen molar-refractivity contribution in [1.82, 2.24) is 5.32 Å². The summed E-state index contributed by atoms with van der Waals surface area (Å²) in [6.45, 7) is 6.61. The van der Waals surface area contributed by atoms with Gasteiger partial charge in [-0.1, -0.05) is 18.2 Å². The molecule has 0 aliphatic carbocycles. The van der Waals surface area contributed by atoms with Crippen molar-refractivity contribution < 1.29 is 5.11 Å². The standard InChI is InChI=1S/C14H22N2O/c1-11-5-3-4-6-14(11)16-12(2)9-15-10-13(16)7-8-17/h3-6,12-13,15,17H,7-10H2,1-2H3. The Bertz CT molecular complexity index is 365. The lowest BCUT2D eigenvalue weighted by Gasteiger charge is -2.43. The first-order valence-corrected chi connectivity index (χ1v) is 6.39. The van der Waals surface area contributed by atoms with Crippen LogP contribution in [0, 0.1) is 6.92 Å². The molecule has 3 heteroatoms. The third-order valence-corrected chi connectivity index (χ3v) is 3.54. The Morgan fingerprint density at radius 3 is 2.82 bits per heavy atom. The van der Waals surface area contributed by atoms with Crippen molar-refractivity contribution in [2.45, 2.75) is 32.4 Å². The summed E-state index contributed by atoms with van der Waals surface area (Å²) in [6, 6.07) is 9.37. The second-order valence-electron chi connectivity index (χ2n) is 4.87. The van der Waals surface area contributed by atoms with Crippen molar-refractivity contribution in [2.75, 3.05) is 24.6 Å². The van der Waals surface area contributed by atoms with Gasteiger partial charge in [0.1, 0.15) is 0 Å². The van der Waals surface area contributed by atoms with Gasteiger partial charge in [0.05, 0.1) is 0 Å². The van der Waals surface area contributed by atoms with Crippen LogP contribution in [0.2, 0.25) is 0 Å². The first kappa shape index (κ1) is 12.4. The second kappa shape index (κ2) is 5.52. The molecule has 1 aromatic carbocycles. The molecule has 1 aliphatic heterocycles. The van der Waals surface area contributed by atoms with Gasteiger partial charge in [0, 0.05) is 37.5 Å². The number of aliphatic hydroxyl groups is 1. The molecule has 2 rings (SSSR count). The molecule has 0 spiro atoms. The zero-order chi connectivity index (χ0) is 12.3. The minimum atomic E-state index is 0.251. The molecule has 0 saturated carbocycles. The van der Waals surface area contributed by atoms with Gasteiger partial charge < -0.3 is 15.3 Å². The molecule has 2 unspecified atom stereocenters. The lowest BCUT2D eigenvalue weighted by Crippen LogP contribution is -2.57.